The van der Waals surface area contributed by atoms with Crippen LogP contribution < -0.4 is 5.32 Å². The van der Waals surface area contributed by atoms with E-state index in [2.05, 4.69) is 237 Å². The van der Waals surface area contributed by atoms with Gasteiger partial charge >= 0.3 is 0 Å². The largest absolute Gasteiger partial charge is 0.380 e. The molecule has 0 amide bonds. The van der Waals surface area contributed by atoms with Crippen molar-refractivity contribution in [3.63, 3.8) is 0 Å². The molecule has 4 atom stereocenters. The number of nitrogens with one attached hydrogen (secondary N) is 1. The lowest BCUT2D eigenvalue weighted by atomic mass is 10.1. The average molecular weight is 1690 g/mol. The van der Waals surface area contributed by atoms with Crippen LogP contribution in [0.25, 0.3) is 0 Å². The van der Waals surface area contributed by atoms with Crippen LogP contribution in [0, 0.1) is 0 Å². The van der Waals surface area contributed by atoms with Crippen molar-refractivity contribution in [2.24, 2.45) is 0 Å². The highest BCUT2D eigenvalue weighted by atomic mass is 32.2. The van der Waals surface area contributed by atoms with Gasteiger partial charge in [-0.25, -0.2) is 30.0 Å². The van der Waals surface area contributed by atoms with E-state index in [1.54, 1.807) is 4.31 Å². The normalized spacial score (nSPS) is 25.9. The Hall–Kier alpha value is -1.03. The molecule has 0 aliphatic carbocycles. The van der Waals surface area contributed by atoms with Gasteiger partial charge in [-0.2, -0.15) is 4.31 Å². The van der Waals surface area contributed by atoms with Crippen LogP contribution >= 0.6 is 0 Å². The quantitative estimate of drug-likeness (QED) is 0.197. The third-order valence-corrected chi connectivity index (χ3v) is 26.9. The molecule has 115 heavy (non-hydrogen) atoms. The number of hydrogen-bond acceptors (Lipinski definition) is 21. The monoisotopic (exact) mass is 1690 g/mol. The Morgan fingerprint density at radius 2 is 0.757 bits per heavy atom. The summed E-state index contributed by atoms with van der Waals surface area (Å²) in [4.78, 5) is 30.9. The van der Waals surface area contributed by atoms with Gasteiger partial charge in [-0.15, -0.1) is 0 Å². The molecule has 27 heteroatoms. The number of sulfonamides is 1. The maximum absolute atomic E-state index is 12.8. The molecule has 0 spiro atoms. The van der Waals surface area contributed by atoms with E-state index < -0.39 is 32.0 Å². The molecule has 0 saturated carbocycles. The van der Waals surface area contributed by atoms with Crippen LogP contribution in [0.5, 0.6) is 0 Å². The third-order valence-electron chi connectivity index (χ3n) is 24.0. The number of likely N-dealkylation sites (tertiary alicyclic amines) is 3. The molecule has 1 N–H and O–H groups in total. The van der Waals surface area contributed by atoms with Crippen molar-refractivity contribution in [1.82, 2.24) is 73.3 Å². The summed E-state index contributed by atoms with van der Waals surface area (Å²) in [5, 5.41) is 3.39. The van der Waals surface area contributed by atoms with E-state index in [4.69, 9.17) is 14.2 Å². The number of halogens is 3. The van der Waals surface area contributed by atoms with Crippen molar-refractivity contribution < 1.29 is 44.2 Å². The Bertz CT molecular complexity index is 2490. The highest BCUT2D eigenvalue weighted by Gasteiger charge is 2.36. The first-order valence-electron chi connectivity index (χ1n) is 46.0. The SMILES string of the molecule is CC(C)N1CCCC(F)(F)C1.CC(C)N1CCCC(F)C1.CC(C)N1CCCCC1.CC(C)N1CCCNCC1.CC(C)N1CCCOCC1.CC(C)N1CCN(C)CC1.CC(C)N1CCN(C)CC1C.CC(C)N1CCN(S(C)(=O)=O)C[C@H]1C.CC(C)N1CCOCC1.CC(C)N1CCOCC1C.CC(C)N1CCS(=O)(=O)CC1. The van der Waals surface area contributed by atoms with Crippen LogP contribution in [0.3, 0.4) is 0 Å². The van der Waals surface area contributed by atoms with Gasteiger partial charge in [0, 0.05) is 229 Å². The summed E-state index contributed by atoms with van der Waals surface area (Å²) < 4.78 is 100. The van der Waals surface area contributed by atoms with Gasteiger partial charge in [-0.1, -0.05) is 6.42 Å². The number of hydrogen-bond donors (Lipinski definition) is 1. The van der Waals surface area contributed by atoms with E-state index in [-0.39, 0.29) is 19.0 Å². The van der Waals surface area contributed by atoms with Crippen molar-refractivity contribution in [2.75, 3.05) is 248 Å². The zero-order valence-corrected chi connectivity index (χ0v) is 81.5. The molecule has 0 aromatic rings. The summed E-state index contributed by atoms with van der Waals surface area (Å²) in [5.41, 5.74) is 0. The summed E-state index contributed by atoms with van der Waals surface area (Å²) in [6.45, 7) is 88.2. The Labute approximate surface area is 709 Å². The maximum atomic E-state index is 12.8. The summed E-state index contributed by atoms with van der Waals surface area (Å²) in [5.74, 6) is -1.76. The van der Waals surface area contributed by atoms with E-state index in [1.807, 2.05) is 18.7 Å². The second kappa shape index (κ2) is 61.3. The van der Waals surface area contributed by atoms with Crippen molar-refractivity contribution in [1.29, 1.82) is 0 Å². The van der Waals surface area contributed by atoms with Crippen LogP contribution in [-0.2, 0) is 34.1 Å². The number of morpholine rings is 2. The molecule has 3 unspecified atom stereocenters. The number of ether oxygens (including phenoxy) is 3. The number of sulfone groups is 1. The van der Waals surface area contributed by atoms with Crippen molar-refractivity contribution in [3.05, 3.63) is 0 Å². The lowest BCUT2D eigenvalue weighted by Gasteiger charge is -2.40. The van der Waals surface area contributed by atoms with Crippen LogP contribution in [-0.4, -0.2) is 430 Å². The maximum Gasteiger partial charge on any atom is 0.260 e. The van der Waals surface area contributed by atoms with Crippen LogP contribution in [0.2, 0.25) is 0 Å². The lowest BCUT2D eigenvalue weighted by Crippen LogP contribution is -2.55. The summed E-state index contributed by atoms with van der Waals surface area (Å²) in [7, 11) is -1.30. The summed E-state index contributed by atoms with van der Waals surface area (Å²) in [6, 6.07) is 8.35. The van der Waals surface area contributed by atoms with Gasteiger partial charge in [0.15, 0.2) is 9.84 Å². The fourth-order valence-electron chi connectivity index (χ4n) is 16.1. The highest BCUT2D eigenvalue weighted by molar-refractivity contribution is 7.91. The first-order valence-corrected chi connectivity index (χ1v) is 49.6. The number of piperidine rings is 3. The standard InChI is InChI=1S/C9H20N2O2S.C9H20N2.C8H15F2N.C8H16FN.2C8H18N2.2C8H17NO.C8H17N.C7H15NO2S.C7H15NO/c1-8(2)11-6-5-10(7-9(11)3)14(4,12)13;1-8(2)11-6-5-10(4)7-9(11)3;1-7(2)11-5-3-4-8(9,10)6-11;1-7(2)10-5-3-4-8(9)6-10;1-8(2)10-6-4-9(3)5-7-10;1-8(2)10-6-3-4-9-5-7-10;1-7(2)9-4-5-10-6-8(9)3;1-8(2)9-4-3-6-10-7-5-9;1-8(2)9-6-4-3-5-7-9;1-7(2)8-3-5-11(9,10)6-4-8;1-7(2)8-3-5-9-6-4-8/h8-9H,5-7H2,1-4H3;8-9H,5-7H2,1-4H3;7H,3-6H2,1-2H3;7-8H,3-6H2,1-2H3;8H,4-7H2,1-3H3;8-9H,3-7H2,1-2H3;7-8H,4-6H2,1-3H3;8H,3-7H2,1-2H3;8H,3-7H2,1-2H3;7H,3-6H2,1-2H3;7H,3-6H2,1-2H3/t9-;;;;;;;;;;/m1........../s1. The smallest absolute Gasteiger partial charge is 0.260 e. The van der Waals surface area contributed by atoms with Gasteiger partial charge in [0.1, 0.15) is 6.17 Å². The molecule has 11 aliphatic heterocycles. The van der Waals surface area contributed by atoms with E-state index in [1.165, 1.54) is 123 Å². The molecule has 11 heterocycles. The molecular weight excluding hydrogens is 1500 g/mol. The van der Waals surface area contributed by atoms with Gasteiger partial charge in [-0.3, -0.25) is 49.0 Å². The Morgan fingerprint density at radius 1 is 0.365 bits per heavy atom. The minimum absolute atomic E-state index is 0.0509. The number of alkyl halides is 3. The zero-order chi connectivity index (χ0) is 87.2. The first kappa shape index (κ1) is 112. The van der Waals surface area contributed by atoms with Crippen molar-refractivity contribution >= 4 is 19.9 Å². The van der Waals surface area contributed by atoms with Crippen molar-refractivity contribution in [3.8, 4) is 0 Å². The molecule has 0 aromatic carbocycles. The minimum atomic E-state index is -3.00. The first-order chi connectivity index (χ1) is 53.8. The molecule has 0 aromatic heterocycles. The number of nitrogens with zero attached hydrogens (tertiary/aromatic N) is 14. The van der Waals surface area contributed by atoms with Gasteiger partial charge in [0.05, 0.1) is 57.3 Å². The molecular formula is C88H188F3N15O7S2. The third kappa shape index (κ3) is 51.7. The van der Waals surface area contributed by atoms with Gasteiger partial charge in [0.2, 0.25) is 10.0 Å². The zero-order valence-electron chi connectivity index (χ0n) is 79.8. The van der Waals surface area contributed by atoms with Gasteiger partial charge in [0.25, 0.3) is 5.92 Å². The Balaban J connectivity index is 0.000000634. The van der Waals surface area contributed by atoms with E-state index >= 15 is 0 Å². The highest BCUT2D eigenvalue weighted by Crippen LogP contribution is 2.28. The van der Waals surface area contributed by atoms with Crippen LogP contribution in [0.4, 0.5) is 13.2 Å². The Morgan fingerprint density at radius 3 is 1.17 bits per heavy atom. The van der Waals surface area contributed by atoms with Crippen LogP contribution in [0.1, 0.15) is 231 Å². The topological polar surface area (TPSA) is 153 Å². The minimum Gasteiger partial charge on any atom is -0.380 e. The molecule has 22 nitrogen and oxygen atoms in total. The van der Waals surface area contributed by atoms with E-state index in [0.717, 1.165) is 129 Å². The van der Waals surface area contributed by atoms with Crippen LogP contribution in [0.15, 0.2) is 0 Å². The molecule has 11 aliphatic rings. The van der Waals surface area contributed by atoms with Crippen molar-refractivity contribution in [2.45, 2.75) is 328 Å². The molecule has 11 rings (SSSR count). The fourth-order valence-corrected chi connectivity index (χ4v) is 18.2. The molecule has 0 bridgehead atoms. The lowest BCUT2D eigenvalue weighted by molar-refractivity contribution is -0.0715. The van der Waals surface area contributed by atoms with E-state index in [9.17, 15) is 30.0 Å². The predicted octanol–water partition coefficient (Wildman–Crippen LogP) is 11.6. The second-order valence-electron chi connectivity index (χ2n) is 37.3. The molecule has 690 valence electrons. The number of rotatable bonds is 12. The van der Waals surface area contributed by atoms with Gasteiger partial charge in [-0.05, 0) is 271 Å². The van der Waals surface area contributed by atoms with E-state index in [0.29, 0.717) is 105 Å². The summed E-state index contributed by atoms with van der Waals surface area (Å²) in [6.07, 6.45) is 9.97. The molecule has 0 radical (unpaired) electrons. The summed E-state index contributed by atoms with van der Waals surface area (Å²) >= 11 is 0. The van der Waals surface area contributed by atoms with Gasteiger partial charge < -0.3 is 34.2 Å². The molecule has 11 fully saturated rings. The Kier molecular flexibility index (Phi) is 59.7. The second-order valence-corrected chi connectivity index (χ2v) is 41.6. The molecule has 11 saturated heterocycles. The fraction of sp³-hybridized carbons (Fsp3) is 1.00. The predicted molar refractivity (Wildman–Crippen MR) is 484 cm³/mol. The average Bonchev–Trinajstić information content (AvgIpc) is 0.905. The number of piperazine rings is 3. The number of likely N-dealkylation sites (N-methyl/N-ethyl adjacent to an activating group) is 2.